The third kappa shape index (κ3) is 2.29. The summed E-state index contributed by atoms with van der Waals surface area (Å²) < 4.78 is 0. The van der Waals surface area contributed by atoms with Crippen LogP contribution in [-0.2, 0) is 9.59 Å². The highest BCUT2D eigenvalue weighted by molar-refractivity contribution is 5.83. The summed E-state index contributed by atoms with van der Waals surface area (Å²) in [5, 5.41) is 0. The fraction of sp³-hybridized carbons (Fsp3) is 0.833. The summed E-state index contributed by atoms with van der Waals surface area (Å²) in [5.74, 6) is 0.287. The molecule has 2 heterocycles. The van der Waals surface area contributed by atoms with E-state index in [-0.39, 0.29) is 29.3 Å². The Hall–Kier alpha value is -1.10. The first-order chi connectivity index (χ1) is 7.79. The molecule has 2 amide bonds. The Balaban J connectivity index is 1.87. The van der Waals surface area contributed by atoms with Gasteiger partial charge < -0.3 is 15.5 Å². The lowest BCUT2D eigenvalue weighted by Gasteiger charge is -2.46. The van der Waals surface area contributed by atoms with Gasteiger partial charge in [-0.2, -0.15) is 0 Å². The first-order valence-electron chi connectivity index (χ1n) is 6.13. The SMILES string of the molecule is CC(C)(C)C(=O)N1CC(N2CC(N)CC2=O)C1. The molecule has 0 radical (unpaired) electrons. The third-order valence-corrected chi connectivity index (χ3v) is 3.42. The largest absolute Gasteiger partial charge is 0.338 e. The predicted octanol–water partition coefficient (Wildman–Crippen LogP) is -0.197. The minimum absolute atomic E-state index is 0.0325. The van der Waals surface area contributed by atoms with Crippen LogP contribution in [0.25, 0.3) is 0 Å². The highest BCUT2D eigenvalue weighted by Gasteiger charge is 2.42. The van der Waals surface area contributed by atoms with E-state index >= 15 is 0 Å². The smallest absolute Gasteiger partial charge is 0.228 e. The van der Waals surface area contributed by atoms with Gasteiger partial charge in [0.2, 0.25) is 11.8 Å². The van der Waals surface area contributed by atoms with Crippen LogP contribution in [0.5, 0.6) is 0 Å². The fourth-order valence-corrected chi connectivity index (χ4v) is 2.41. The normalized spacial score (nSPS) is 26.4. The zero-order valence-corrected chi connectivity index (χ0v) is 10.8. The summed E-state index contributed by atoms with van der Waals surface area (Å²) in [6, 6.07) is 0.150. The number of hydrogen-bond acceptors (Lipinski definition) is 3. The van der Waals surface area contributed by atoms with Gasteiger partial charge in [0.05, 0.1) is 6.04 Å². The molecule has 2 N–H and O–H groups in total. The number of carbonyl (C=O) groups is 2. The molecule has 1 unspecified atom stereocenters. The van der Waals surface area contributed by atoms with E-state index in [1.54, 1.807) is 0 Å². The van der Waals surface area contributed by atoms with Gasteiger partial charge in [-0.1, -0.05) is 20.8 Å². The lowest BCUT2D eigenvalue weighted by molar-refractivity contribution is -0.150. The minimum Gasteiger partial charge on any atom is -0.338 e. The Morgan fingerprint density at radius 3 is 2.29 bits per heavy atom. The summed E-state index contributed by atoms with van der Waals surface area (Å²) in [6.07, 6.45) is 0.448. The highest BCUT2D eigenvalue weighted by atomic mass is 16.2. The van der Waals surface area contributed by atoms with Crippen LogP contribution < -0.4 is 5.73 Å². The molecule has 17 heavy (non-hydrogen) atoms. The quantitative estimate of drug-likeness (QED) is 0.689. The molecule has 2 aliphatic heterocycles. The van der Waals surface area contributed by atoms with Crippen molar-refractivity contribution in [2.75, 3.05) is 19.6 Å². The van der Waals surface area contributed by atoms with Crippen LogP contribution in [0.3, 0.4) is 0 Å². The molecule has 1 atom stereocenters. The second-order valence-corrected chi connectivity index (χ2v) is 6.12. The molecule has 5 heteroatoms. The number of nitrogens with two attached hydrogens (primary N) is 1. The van der Waals surface area contributed by atoms with E-state index < -0.39 is 0 Å². The number of likely N-dealkylation sites (tertiary alicyclic amines) is 2. The van der Waals surface area contributed by atoms with Gasteiger partial charge in [0.15, 0.2) is 0 Å². The van der Waals surface area contributed by atoms with Crippen molar-refractivity contribution < 1.29 is 9.59 Å². The van der Waals surface area contributed by atoms with Crippen molar-refractivity contribution in [2.24, 2.45) is 11.1 Å². The number of nitrogens with zero attached hydrogens (tertiary/aromatic N) is 2. The van der Waals surface area contributed by atoms with E-state index in [4.69, 9.17) is 5.73 Å². The maximum atomic E-state index is 12.0. The summed E-state index contributed by atoms with van der Waals surface area (Å²) in [5.41, 5.74) is 5.42. The van der Waals surface area contributed by atoms with Gasteiger partial charge >= 0.3 is 0 Å². The Morgan fingerprint density at radius 1 is 1.29 bits per heavy atom. The number of amides is 2. The van der Waals surface area contributed by atoms with Gasteiger partial charge in [0.25, 0.3) is 0 Å². The van der Waals surface area contributed by atoms with E-state index in [0.29, 0.717) is 26.1 Å². The third-order valence-electron chi connectivity index (χ3n) is 3.42. The molecule has 2 fully saturated rings. The maximum Gasteiger partial charge on any atom is 0.228 e. The van der Waals surface area contributed by atoms with Gasteiger partial charge in [-0.15, -0.1) is 0 Å². The van der Waals surface area contributed by atoms with E-state index in [0.717, 1.165) is 0 Å². The zero-order chi connectivity index (χ0) is 12.8. The van der Waals surface area contributed by atoms with Gasteiger partial charge in [0.1, 0.15) is 0 Å². The Kier molecular flexibility index (Phi) is 2.89. The van der Waals surface area contributed by atoms with Gasteiger partial charge in [-0.3, -0.25) is 9.59 Å². The molecule has 0 aromatic carbocycles. The van der Waals surface area contributed by atoms with E-state index in [9.17, 15) is 9.59 Å². The lowest BCUT2D eigenvalue weighted by atomic mass is 9.92. The molecule has 0 aliphatic carbocycles. The van der Waals surface area contributed by atoms with Crippen LogP contribution >= 0.6 is 0 Å². The average molecular weight is 239 g/mol. The first kappa shape index (κ1) is 12.4. The minimum atomic E-state index is -0.337. The van der Waals surface area contributed by atoms with E-state index in [2.05, 4.69) is 0 Å². The molecule has 2 saturated heterocycles. The number of rotatable bonds is 1. The van der Waals surface area contributed by atoms with Gasteiger partial charge in [0, 0.05) is 37.5 Å². The van der Waals surface area contributed by atoms with Crippen molar-refractivity contribution in [1.29, 1.82) is 0 Å². The van der Waals surface area contributed by atoms with E-state index in [1.165, 1.54) is 0 Å². The Labute approximate surface area is 102 Å². The molecule has 5 nitrogen and oxygen atoms in total. The second kappa shape index (κ2) is 3.98. The zero-order valence-electron chi connectivity index (χ0n) is 10.8. The number of carbonyl (C=O) groups excluding carboxylic acids is 2. The van der Waals surface area contributed by atoms with Gasteiger partial charge in [-0.25, -0.2) is 0 Å². The molecular formula is C12H21N3O2. The standard InChI is InChI=1S/C12H21N3O2/c1-12(2,3)11(17)14-6-9(7-14)15-5-8(13)4-10(15)16/h8-9H,4-7,13H2,1-3H3. The molecular weight excluding hydrogens is 218 g/mol. The predicted molar refractivity (Wildman–Crippen MR) is 64.1 cm³/mol. The molecule has 96 valence electrons. The van der Waals surface area contributed by atoms with Crippen molar-refractivity contribution >= 4 is 11.8 Å². The monoisotopic (exact) mass is 239 g/mol. The average Bonchev–Trinajstić information content (AvgIpc) is 2.41. The van der Waals surface area contributed by atoms with Crippen LogP contribution in [0, 0.1) is 5.41 Å². The molecule has 0 spiro atoms. The lowest BCUT2D eigenvalue weighted by Crippen LogP contribution is -2.63. The molecule has 0 aromatic heterocycles. The summed E-state index contributed by atoms with van der Waals surface area (Å²) in [7, 11) is 0. The molecule has 2 aliphatic rings. The Morgan fingerprint density at radius 2 is 1.88 bits per heavy atom. The summed E-state index contributed by atoms with van der Waals surface area (Å²) in [4.78, 5) is 27.2. The topological polar surface area (TPSA) is 66.6 Å². The van der Waals surface area contributed by atoms with Gasteiger partial charge in [-0.05, 0) is 0 Å². The van der Waals surface area contributed by atoms with Crippen LogP contribution in [0.4, 0.5) is 0 Å². The van der Waals surface area contributed by atoms with Crippen molar-refractivity contribution in [3.63, 3.8) is 0 Å². The van der Waals surface area contributed by atoms with Crippen molar-refractivity contribution in [3.05, 3.63) is 0 Å². The molecule has 0 aromatic rings. The summed E-state index contributed by atoms with van der Waals surface area (Å²) in [6.45, 7) is 7.71. The van der Waals surface area contributed by atoms with Crippen molar-refractivity contribution in [3.8, 4) is 0 Å². The molecule has 2 rings (SSSR count). The van der Waals surface area contributed by atoms with Crippen molar-refractivity contribution in [2.45, 2.75) is 39.3 Å². The van der Waals surface area contributed by atoms with Crippen LogP contribution in [0.1, 0.15) is 27.2 Å². The Bertz CT molecular complexity index is 342. The van der Waals surface area contributed by atoms with E-state index in [1.807, 2.05) is 30.6 Å². The highest BCUT2D eigenvalue weighted by Crippen LogP contribution is 2.25. The summed E-state index contributed by atoms with van der Waals surface area (Å²) >= 11 is 0. The maximum absolute atomic E-state index is 12.0. The van der Waals surface area contributed by atoms with Crippen LogP contribution in [0.15, 0.2) is 0 Å². The van der Waals surface area contributed by atoms with Crippen LogP contribution in [-0.4, -0.2) is 53.3 Å². The van der Waals surface area contributed by atoms with Crippen LogP contribution in [0.2, 0.25) is 0 Å². The molecule has 0 saturated carbocycles. The first-order valence-corrected chi connectivity index (χ1v) is 6.13. The van der Waals surface area contributed by atoms with Crippen molar-refractivity contribution in [1.82, 2.24) is 9.80 Å². The second-order valence-electron chi connectivity index (χ2n) is 6.12. The number of hydrogen-bond donors (Lipinski definition) is 1. The molecule has 0 bridgehead atoms. The fourth-order valence-electron chi connectivity index (χ4n) is 2.41.